The first-order valence-electron chi connectivity index (χ1n) is 7.86. The van der Waals surface area contributed by atoms with Crippen molar-refractivity contribution >= 4 is 30.7 Å². The third kappa shape index (κ3) is 5.68. The number of carbonyl (C=O) groups excluding carboxylic acids is 1. The van der Waals surface area contributed by atoms with Crippen molar-refractivity contribution < 1.29 is 9.53 Å². The molecule has 1 aliphatic rings. The average molecular weight is 384 g/mol. The number of amides is 1. The van der Waals surface area contributed by atoms with Gasteiger partial charge in [-0.2, -0.15) is 0 Å². The molecule has 0 aliphatic carbocycles. The minimum absolute atomic E-state index is 0. The van der Waals surface area contributed by atoms with Gasteiger partial charge in [0, 0.05) is 25.5 Å². The Morgan fingerprint density at radius 2 is 2.00 bits per heavy atom. The predicted molar refractivity (Wildman–Crippen MR) is 103 cm³/mol. The van der Waals surface area contributed by atoms with Gasteiger partial charge in [-0.25, -0.2) is 0 Å². The van der Waals surface area contributed by atoms with Crippen LogP contribution in [0.25, 0.3) is 11.1 Å². The number of nitrogens with zero attached hydrogens (tertiary/aromatic N) is 1. The Labute approximate surface area is 160 Å². The van der Waals surface area contributed by atoms with Gasteiger partial charge < -0.3 is 15.4 Å². The fraction of sp³-hybridized carbons (Fsp3) is 0.333. The monoisotopic (exact) mass is 383 g/mol. The summed E-state index contributed by atoms with van der Waals surface area (Å²) in [6, 6.07) is 11.8. The molecule has 1 aromatic carbocycles. The number of nitrogens with one attached hydrogen (secondary N) is 2. The van der Waals surface area contributed by atoms with Crippen LogP contribution in [0.2, 0.25) is 0 Å². The van der Waals surface area contributed by atoms with Crippen LogP contribution in [0, 0.1) is 0 Å². The zero-order valence-corrected chi connectivity index (χ0v) is 15.6. The summed E-state index contributed by atoms with van der Waals surface area (Å²) in [7, 11) is 0. The third-order valence-corrected chi connectivity index (χ3v) is 4.01. The summed E-state index contributed by atoms with van der Waals surface area (Å²) in [6.07, 6.45) is 3.50. The molecule has 1 aliphatic heterocycles. The van der Waals surface area contributed by atoms with Crippen LogP contribution in [0.4, 0.5) is 0 Å². The van der Waals surface area contributed by atoms with Gasteiger partial charge in [-0.1, -0.05) is 30.3 Å². The van der Waals surface area contributed by atoms with E-state index in [-0.39, 0.29) is 42.9 Å². The standard InChI is InChI=1S/C18H21N3O2.2ClH/c1-13-17(20-9-10-23-13)18(22)21-11-14-4-6-15(7-5-14)16-3-2-8-19-12-16;;/h2-8,12-13,17,20H,9-11H2,1H3,(H,21,22);2*1H/t13-,17+;;/m1../s1. The van der Waals surface area contributed by atoms with Crippen LogP contribution in [0.3, 0.4) is 0 Å². The first kappa shape index (κ1) is 21.4. The molecule has 1 fully saturated rings. The number of aromatic nitrogens is 1. The van der Waals surface area contributed by atoms with E-state index in [2.05, 4.69) is 15.6 Å². The van der Waals surface area contributed by atoms with Crippen molar-refractivity contribution in [2.45, 2.75) is 25.6 Å². The van der Waals surface area contributed by atoms with Crippen molar-refractivity contribution in [2.75, 3.05) is 13.2 Å². The summed E-state index contributed by atoms with van der Waals surface area (Å²) < 4.78 is 5.50. The molecule has 0 bridgehead atoms. The van der Waals surface area contributed by atoms with Crippen LogP contribution in [-0.2, 0) is 16.1 Å². The lowest BCUT2D eigenvalue weighted by Gasteiger charge is -2.29. The Hall–Kier alpha value is -1.66. The number of rotatable bonds is 4. The van der Waals surface area contributed by atoms with Gasteiger partial charge in [0.2, 0.25) is 5.91 Å². The molecule has 0 spiro atoms. The molecule has 2 heterocycles. The minimum Gasteiger partial charge on any atom is -0.375 e. The lowest BCUT2D eigenvalue weighted by molar-refractivity contribution is -0.129. The van der Waals surface area contributed by atoms with E-state index >= 15 is 0 Å². The Morgan fingerprint density at radius 3 is 2.64 bits per heavy atom. The van der Waals surface area contributed by atoms with Crippen molar-refractivity contribution in [3.8, 4) is 11.1 Å². The molecule has 7 heteroatoms. The van der Waals surface area contributed by atoms with Crippen LogP contribution in [0.15, 0.2) is 48.8 Å². The molecule has 2 atom stereocenters. The maximum absolute atomic E-state index is 12.2. The zero-order valence-electron chi connectivity index (χ0n) is 14.0. The molecule has 3 rings (SSSR count). The predicted octanol–water partition coefficient (Wildman–Crippen LogP) is 2.59. The van der Waals surface area contributed by atoms with Crippen molar-refractivity contribution in [1.29, 1.82) is 0 Å². The molecular formula is C18H23Cl2N3O2. The average Bonchev–Trinajstić information content (AvgIpc) is 2.61. The Balaban J connectivity index is 0.00000156. The van der Waals surface area contributed by atoms with Gasteiger partial charge in [-0.05, 0) is 29.7 Å². The Bertz CT molecular complexity index is 653. The van der Waals surface area contributed by atoms with E-state index in [0.29, 0.717) is 19.7 Å². The first-order chi connectivity index (χ1) is 11.2. The van der Waals surface area contributed by atoms with Crippen molar-refractivity contribution in [3.63, 3.8) is 0 Å². The van der Waals surface area contributed by atoms with E-state index in [9.17, 15) is 4.79 Å². The normalized spacial score (nSPS) is 19.2. The highest BCUT2D eigenvalue weighted by Crippen LogP contribution is 2.18. The number of carbonyl (C=O) groups is 1. The number of hydrogen-bond acceptors (Lipinski definition) is 4. The highest BCUT2D eigenvalue weighted by atomic mass is 35.5. The molecule has 2 N–H and O–H groups in total. The van der Waals surface area contributed by atoms with Crippen molar-refractivity contribution in [2.24, 2.45) is 0 Å². The van der Waals surface area contributed by atoms with Gasteiger partial charge in [-0.15, -0.1) is 24.8 Å². The quantitative estimate of drug-likeness (QED) is 0.851. The molecule has 1 amide bonds. The lowest BCUT2D eigenvalue weighted by atomic mass is 10.1. The third-order valence-electron chi connectivity index (χ3n) is 4.01. The lowest BCUT2D eigenvalue weighted by Crippen LogP contribution is -2.55. The highest BCUT2D eigenvalue weighted by Gasteiger charge is 2.27. The van der Waals surface area contributed by atoms with Crippen molar-refractivity contribution in [3.05, 3.63) is 54.4 Å². The summed E-state index contributed by atoms with van der Waals surface area (Å²) >= 11 is 0. The molecule has 1 saturated heterocycles. The van der Waals surface area contributed by atoms with Gasteiger partial charge in [0.05, 0.1) is 12.7 Å². The fourth-order valence-electron chi connectivity index (χ4n) is 2.68. The molecular weight excluding hydrogens is 361 g/mol. The number of benzene rings is 1. The van der Waals surface area contributed by atoms with E-state index in [1.165, 1.54) is 0 Å². The zero-order chi connectivity index (χ0) is 16.1. The van der Waals surface area contributed by atoms with Crippen LogP contribution in [0.5, 0.6) is 0 Å². The molecule has 0 unspecified atom stereocenters. The van der Waals surface area contributed by atoms with Gasteiger partial charge in [-0.3, -0.25) is 9.78 Å². The van der Waals surface area contributed by atoms with Crippen LogP contribution in [-0.4, -0.2) is 36.2 Å². The molecule has 5 nitrogen and oxygen atoms in total. The number of morpholine rings is 1. The van der Waals surface area contributed by atoms with E-state index in [0.717, 1.165) is 16.7 Å². The molecule has 1 aromatic heterocycles. The molecule has 2 aromatic rings. The van der Waals surface area contributed by atoms with E-state index < -0.39 is 0 Å². The highest BCUT2D eigenvalue weighted by molar-refractivity contribution is 5.85. The van der Waals surface area contributed by atoms with Gasteiger partial charge in [0.25, 0.3) is 0 Å². The van der Waals surface area contributed by atoms with Gasteiger partial charge >= 0.3 is 0 Å². The van der Waals surface area contributed by atoms with E-state index in [1.807, 2.05) is 49.5 Å². The summed E-state index contributed by atoms with van der Waals surface area (Å²) in [5.74, 6) is -0.0199. The maximum Gasteiger partial charge on any atom is 0.240 e. The smallest absolute Gasteiger partial charge is 0.240 e. The Kier molecular flexibility index (Phi) is 8.86. The number of pyridine rings is 1. The topological polar surface area (TPSA) is 63.2 Å². The Morgan fingerprint density at radius 1 is 1.24 bits per heavy atom. The molecule has 25 heavy (non-hydrogen) atoms. The summed E-state index contributed by atoms with van der Waals surface area (Å²) in [4.78, 5) is 16.3. The van der Waals surface area contributed by atoms with E-state index in [1.54, 1.807) is 6.20 Å². The minimum atomic E-state index is -0.279. The van der Waals surface area contributed by atoms with Gasteiger partial charge in [0.15, 0.2) is 0 Å². The largest absolute Gasteiger partial charge is 0.375 e. The summed E-state index contributed by atoms with van der Waals surface area (Å²) in [5.41, 5.74) is 3.26. The first-order valence-corrected chi connectivity index (χ1v) is 7.86. The van der Waals surface area contributed by atoms with Crippen LogP contribution >= 0.6 is 24.8 Å². The van der Waals surface area contributed by atoms with E-state index in [4.69, 9.17) is 4.74 Å². The SMILES string of the molecule is C[C@H]1OCCN[C@@H]1C(=O)NCc1ccc(-c2cccnc2)cc1.Cl.Cl. The second-order valence-corrected chi connectivity index (χ2v) is 5.66. The van der Waals surface area contributed by atoms with Crippen LogP contribution < -0.4 is 10.6 Å². The number of halogens is 2. The fourth-order valence-corrected chi connectivity index (χ4v) is 2.68. The summed E-state index contributed by atoms with van der Waals surface area (Å²) in [6.45, 7) is 3.79. The maximum atomic E-state index is 12.2. The number of ether oxygens (including phenoxy) is 1. The second-order valence-electron chi connectivity index (χ2n) is 5.66. The number of hydrogen-bond donors (Lipinski definition) is 2. The molecule has 0 radical (unpaired) electrons. The van der Waals surface area contributed by atoms with Crippen molar-refractivity contribution in [1.82, 2.24) is 15.6 Å². The van der Waals surface area contributed by atoms with Crippen LogP contribution in [0.1, 0.15) is 12.5 Å². The van der Waals surface area contributed by atoms with Gasteiger partial charge in [0.1, 0.15) is 6.04 Å². The summed E-state index contributed by atoms with van der Waals surface area (Å²) in [5, 5.41) is 6.16. The molecule has 0 saturated carbocycles. The second kappa shape index (κ2) is 10.4. The molecule has 136 valence electrons.